The Hall–Kier alpha value is -2.64. The van der Waals surface area contributed by atoms with E-state index in [0.29, 0.717) is 10.8 Å². The van der Waals surface area contributed by atoms with E-state index in [4.69, 9.17) is 16.3 Å². The number of urea groups is 1. The summed E-state index contributed by atoms with van der Waals surface area (Å²) >= 11 is 5.94. The summed E-state index contributed by atoms with van der Waals surface area (Å²) in [5.74, 6) is 6.20. The maximum Gasteiger partial charge on any atom is 0.319 e. The van der Waals surface area contributed by atoms with Gasteiger partial charge in [0.25, 0.3) is 0 Å². The smallest absolute Gasteiger partial charge is 0.319 e. The van der Waals surface area contributed by atoms with E-state index in [1.54, 1.807) is 12.1 Å². The van der Waals surface area contributed by atoms with Crippen molar-refractivity contribution in [2.24, 2.45) is 0 Å². The lowest BCUT2D eigenvalue weighted by molar-refractivity contribution is 0.253. The number of carbonyl (C=O) groups is 1. The highest BCUT2D eigenvalue weighted by Gasteiger charge is 1.98. The van der Waals surface area contributed by atoms with Crippen LogP contribution in [0.15, 0.2) is 54.6 Å². The highest BCUT2D eigenvalue weighted by Crippen LogP contribution is 2.22. The van der Waals surface area contributed by atoms with E-state index >= 15 is 0 Å². The number of para-hydroxylation sites is 2. The first-order chi connectivity index (χ1) is 10.8. The average molecular weight is 315 g/mol. The predicted octanol–water partition coefficient (Wildman–Crippen LogP) is 3.54. The molecule has 2 rings (SSSR count). The molecule has 0 heterocycles. The van der Waals surface area contributed by atoms with Crippen molar-refractivity contribution in [3.8, 4) is 17.6 Å². The van der Waals surface area contributed by atoms with E-state index in [0.717, 1.165) is 5.69 Å². The number of anilines is 1. The molecule has 0 aliphatic heterocycles. The van der Waals surface area contributed by atoms with Gasteiger partial charge in [-0.05, 0) is 24.3 Å². The number of rotatable bonds is 4. The Morgan fingerprint density at radius 2 is 1.77 bits per heavy atom. The summed E-state index contributed by atoms with van der Waals surface area (Å²) in [6, 6.07) is 16.1. The molecule has 0 radical (unpaired) electrons. The van der Waals surface area contributed by atoms with Crippen molar-refractivity contribution < 1.29 is 9.53 Å². The lowest BCUT2D eigenvalue weighted by Crippen LogP contribution is -2.28. The predicted molar refractivity (Wildman–Crippen MR) is 88.2 cm³/mol. The Bertz CT molecular complexity index is 678. The molecule has 5 heteroatoms. The summed E-state index contributed by atoms with van der Waals surface area (Å²) < 4.78 is 5.41. The van der Waals surface area contributed by atoms with Crippen LogP contribution < -0.4 is 15.4 Å². The molecule has 0 bridgehead atoms. The topological polar surface area (TPSA) is 50.4 Å². The number of amides is 2. The minimum atomic E-state index is -0.299. The molecule has 0 aromatic heterocycles. The number of ether oxygens (including phenoxy) is 1. The van der Waals surface area contributed by atoms with E-state index in [2.05, 4.69) is 22.5 Å². The van der Waals surface area contributed by atoms with Gasteiger partial charge < -0.3 is 15.4 Å². The molecular weight excluding hydrogens is 300 g/mol. The number of benzene rings is 2. The van der Waals surface area contributed by atoms with Crippen molar-refractivity contribution in [2.45, 2.75) is 0 Å². The molecule has 0 saturated carbocycles. The first-order valence-corrected chi connectivity index (χ1v) is 7.06. The van der Waals surface area contributed by atoms with E-state index in [1.807, 2.05) is 42.5 Å². The van der Waals surface area contributed by atoms with E-state index < -0.39 is 0 Å². The molecule has 0 unspecified atom stereocenters. The van der Waals surface area contributed by atoms with Gasteiger partial charge in [-0.3, -0.25) is 0 Å². The summed E-state index contributed by atoms with van der Waals surface area (Å²) in [5, 5.41) is 5.88. The van der Waals surface area contributed by atoms with Crippen molar-refractivity contribution in [1.29, 1.82) is 0 Å². The summed E-state index contributed by atoms with van der Waals surface area (Å²) in [5.41, 5.74) is 0.731. The van der Waals surface area contributed by atoms with Gasteiger partial charge in [-0.2, -0.15) is 0 Å². The minimum absolute atomic E-state index is 0.214. The van der Waals surface area contributed by atoms with Crippen LogP contribution in [-0.2, 0) is 0 Å². The fourth-order valence-electron chi connectivity index (χ4n) is 1.61. The summed E-state index contributed by atoms with van der Waals surface area (Å²) in [6.45, 7) is 0.455. The van der Waals surface area contributed by atoms with Crippen molar-refractivity contribution >= 4 is 23.3 Å². The highest BCUT2D eigenvalue weighted by molar-refractivity contribution is 6.32. The quantitative estimate of drug-likeness (QED) is 0.848. The second kappa shape index (κ2) is 8.60. The standard InChI is InChI=1S/C17H15ClN2O2/c18-15-10-4-5-11-16(15)22-13-7-6-12-19-17(21)20-14-8-2-1-3-9-14/h1-5,8-11H,12-13H2,(H2,19,20,21). The fraction of sp³-hybridized carbons (Fsp3) is 0.118. The van der Waals surface area contributed by atoms with Crippen LogP contribution in [0.5, 0.6) is 5.75 Å². The van der Waals surface area contributed by atoms with Gasteiger partial charge in [0.2, 0.25) is 0 Å². The van der Waals surface area contributed by atoms with E-state index in [-0.39, 0.29) is 19.2 Å². The molecule has 4 nitrogen and oxygen atoms in total. The van der Waals surface area contributed by atoms with Gasteiger partial charge in [0.05, 0.1) is 11.6 Å². The van der Waals surface area contributed by atoms with Crippen LogP contribution in [0.2, 0.25) is 5.02 Å². The molecule has 0 aliphatic carbocycles. The second-order valence-electron chi connectivity index (χ2n) is 4.25. The van der Waals surface area contributed by atoms with E-state index in [1.165, 1.54) is 0 Å². The number of hydrogen-bond acceptors (Lipinski definition) is 2. The summed E-state index contributed by atoms with van der Waals surface area (Å²) in [6.07, 6.45) is 0. The third-order valence-corrected chi connectivity index (χ3v) is 2.94. The summed E-state index contributed by atoms with van der Waals surface area (Å²) in [7, 11) is 0. The molecule has 2 N–H and O–H groups in total. The van der Waals surface area contributed by atoms with Crippen LogP contribution in [0, 0.1) is 11.8 Å². The molecule has 2 aromatic rings. The molecule has 0 fully saturated rings. The van der Waals surface area contributed by atoms with E-state index in [9.17, 15) is 4.79 Å². The zero-order chi connectivity index (χ0) is 15.6. The fourth-order valence-corrected chi connectivity index (χ4v) is 1.80. The maximum atomic E-state index is 11.6. The maximum absolute atomic E-state index is 11.6. The highest BCUT2D eigenvalue weighted by atomic mass is 35.5. The van der Waals surface area contributed by atoms with Crippen molar-refractivity contribution in [3.05, 3.63) is 59.6 Å². The SMILES string of the molecule is O=C(NCC#CCOc1ccccc1Cl)Nc1ccccc1. The Morgan fingerprint density at radius 3 is 2.55 bits per heavy atom. The van der Waals surface area contributed by atoms with Gasteiger partial charge in [0.1, 0.15) is 12.4 Å². The van der Waals surface area contributed by atoms with Crippen molar-refractivity contribution in [2.75, 3.05) is 18.5 Å². The van der Waals surface area contributed by atoms with Gasteiger partial charge in [0, 0.05) is 5.69 Å². The Balaban J connectivity index is 1.67. The number of carbonyl (C=O) groups excluding carboxylic acids is 1. The molecule has 0 spiro atoms. The molecule has 2 aromatic carbocycles. The molecule has 2 amide bonds. The Labute approximate surface area is 134 Å². The van der Waals surface area contributed by atoms with Gasteiger partial charge >= 0.3 is 6.03 Å². The monoisotopic (exact) mass is 314 g/mol. The van der Waals surface area contributed by atoms with Crippen LogP contribution in [0.4, 0.5) is 10.5 Å². The molecule has 0 saturated heterocycles. The molecule has 112 valence electrons. The minimum Gasteiger partial charge on any atom is -0.479 e. The van der Waals surface area contributed by atoms with Crippen LogP contribution in [0.25, 0.3) is 0 Å². The first-order valence-electron chi connectivity index (χ1n) is 6.68. The van der Waals surface area contributed by atoms with Gasteiger partial charge in [0.15, 0.2) is 0 Å². The van der Waals surface area contributed by atoms with Crippen molar-refractivity contribution in [1.82, 2.24) is 5.32 Å². The number of halogens is 1. The summed E-state index contributed by atoms with van der Waals surface area (Å²) in [4.78, 5) is 11.6. The van der Waals surface area contributed by atoms with Crippen LogP contribution in [-0.4, -0.2) is 19.2 Å². The van der Waals surface area contributed by atoms with Crippen LogP contribution in [0.3, 0.4) is 0 Å². The second-order valence-corrected chi connectivity index (χ2v) is 4.65. The zero-order valence-corrected chi connectivity index (χ0v) is 12.6. The van der Waals surface area contributed by atoms with Gasteiger partial charge in [-0.1, -0.05) is 53.8 Å². The molecule has 0 atom stereocenters. The molecule has 0 aliphatic rings. The third kappa shape index (κ3) is 5.39. The van der Waals surface area contributed by atoms with Crippen LogP contribution >= 0.6 is 11.6 Å². The molecular formula is C17H15ClN2O2. The Kier molecular flexibility index (Phi) is 6.16. The van der Waals surface area contributed by atoms with Crippen LogP contribution in [0.1, 0.15) is 0 Å². The van der Waals surface area contributed by atoms with Crippen molar-refractivity contribution in [3.63, 3.8) is 0 Å². The lowest BCUT2D eigenvalue weighted by atomic mass is 10.3. The number of hydrogen-bond donors (Lipinski definition) is 2. The number of nitrogens with one attached hydrogen (secondary N) is 2. The van der Waals surface area contributed by atoms with Gasteiger partial charge in [-0.15, -0.1) is 0 Å². The Morgan fingerprint density at radius 1 is 1.05 bits per heavy atom. The zero-order valence-electron chi connectivity index (χ0n) is 11.8. The normalized spacial score (nSPS) is 9.32. The lowest BCUT2D eigenvalue weighted by Gasteiger charge is -2.04. The average Bonchev–Trinajstić information content (AvgIpc) is 2.53. The largest absolute Gasteiger partial charge is 0.479 e. The first kappa shape index (κ1) is 15.7. The van der Waals surface area contributed by atoms with Gasteiger partial charge in [-0.25, -0.2) is 4.79 Å². The third-order valence-electron chi connectivity index (χ3n) is 2.63. The molecule has 22 heavy (non-hydrogen) atoms.